The Kier molecular flexibility index (Phi) is 11.2. The van der Waals surface area contributed by atoms with Gasteiger partial charge >= 0.3 is 0 Å². The average molecular weight is 271 g/mol. The van der Waals surface area contributed by atoms with Crippen molar-refractivity contribution in [2.24, 2.45) is 0 Å². The normalized spacial score (nSPS) is 9.10. The van der Waals surface area contributed by atoms with Crippen LogP contribution in [0.1, 0.15) is 6.92 Å². The summed E-state index contributed by atoms with van der Waals surface area (Å²) in [6.07, 6.45) is 0.835. The first-order chi connectivity index (χ1) is 10.2. The fourth-order valence-electron chi connectivity index (χ4n) is 0.804. The first-order valence-electron chi connectivity index (χ1n) is 5.93. The lowest BCUT2D eigenvalue weighted by Gasteiger charge is -2.12. The molecule has 2 atom stereocenters. The molecule has 0 spiro atoms. The molecule has 2 N–H and O–H groups in total. The van der Waals surface area contributed by atoms with E-state index < -0.39 is 6.10 Å². The van der Waals surface area contributed by atoms with Gasteiger partial charge in [0, 0.05) is 6.04 Å². The monoisotopic (exact) mass is 271 g/mol. The summed E-state index contributed by atoms with van der Waals surface area (Å²) in [5, 5.41) is 12.5. The topological polar surface area (TPSA) is 32.3 Å². The van der Waals surface area contributed by atoms with E-state index in [1.54, 1.807) is 7.05 Å². The van der Waals surface area contributed by atoms with Gasteiger partial charge in [0.25, 0.3) is 0 Å². The molecule has 0 unspecified atom stereocenters. The van der Waals surface area contributed by atoms with Gasteiger partial charge in [-0.2, -0.15) is 0 Å². The van der Waals surface area contributed by atoms with Crippen LogP contribution >= 0.6 is 0 Å². The average Bonchev–Trinajstić information content (AvgIpc) is 2.50. The predicted molar refractivity (Wildman–Crippen MR) is 80.4 cm³/mol. The molecule has 0 radical (unpaired) electrons. The van der Waals surface area contributed by atoms with Gasteiger partial charge in [-0.05, 0) is 89.7 Å². The van der Waals surface area contributed by atoms with E-state index in [-0.39, 0.29) is 6.04 Å². The van der Waals surface area contributed by atoms with Crippen molar-refractivity contribution in [1.82, 2.24) is 5.32 Å². The van der Waals surface area contributed by atoms with Gasteiger partial charge in [-0.3, -0.25) is 0 Å². The summed E-state index contributed by atoms with van der Waals surface area (Å²) in [5.74, 6) is 0. The van der Waals surface area contributed by atoms with E-state index in [0.29, 0.717) is 0 Å². The maximum Gasteiger partial charge on any atom is 0.0951 e. The van der Waals surface area contributed by atoms with Gasteiger partial charge in [-0.15, -0.1) is 0 Å². The highest BCUT2D eigenvalue weighted by atomic mass is 16.3. The van der Waals surface area contributed by atoms with Crippen LogP contribution in [0.4, 0.5) is 0 Å². The minimum atomic E-state index is -0.637. The summed E-state index contributed by atoms with van der Waals surface area (Å²) < 4.78 is 0. The molecule has 0 rings (SSSR count). The second kappa shape index (κ2) is 13.2. The molecule has 0 amide bonds. The zero-order chi connectivity index (χ0) is 15.8. The molecule has 0 heterocycles. The minimum absolute atomic E-state index is 0.0579. The molecule has 0 aromatic carbocycles. The van der Waals surface area contributed by atoms with Crippen molar-refractivity contribution in [3.05, 3.63) is 87.2 Å². The highest BCUT2D eigenvalue weighted by Gasteiger charge is 2.06. The molecule has 0 aliphatic heterocycles. The van der Waals surface area contributed by atoms with Gasteiger partial charge in [0.2, 0.25) is 0 Å². The van der Waals surface area contributed by atoms with Gasteiger partial charge in [0.1, 0.15) is 0 Å². The zero-order valence-corrected chi connectivity index (χ0v) is 11.9. The Morgan fingerprint density at radius 1 is 0.857 bits per heavy atom. The standard InChI is InChI=1S/C19H13NO/c1-4-5-6-7-8-9-10-11-12-13-14-15-16-17-19(21)18(2)20-3/h17-21H,1H2,2-3H3/t18-,19-/m0/s1. The van der Waals surface area contributed by atoms with E-state index in [1.807, 2.05) is 6.92 Å². The van der Waals surface area contributed by atoms with Crippen LogP contribution in [0, 0.1) is 0 Å². The lowest BCUT2D eigenvalue weighted by atomic mass is 10.2. The molecule has 21 heavy (non-hydrogen) atoms. The fourth-order valence-corrected chi connectivity index (χ4v) is 0.804. The van der Waals surface area contributed by atoms with Gasteiger partial charge in [0.05, 0.1) is 6.10 Å². The van der Waals surface area contributed by atoms with Crippen LogP contribution in [-0.2, 0) is 0 Å². The van der Waals surface area contributed by atoms with Gasteiger partial charge in [-0.25, -0.2) is 0 Å². The first kappa shape index (κ1) is 17.8. The molecular formula is C19H13NO. The zero-order valence-electron chi connectivity index (χ0n) is 11.9. The molecule has 2 nitrogen and oxygen atoms in total. The van der Waals surface area contributed by atoms with Crippen LogP contribution in [0.3, 0.4) is 0 Å². The fraction of sp³-hybridized carbons (Fsp3) is 0.211. The number of nitrogens with one attached hydrogen (secondary N) is 1. The summed E-state index contributed by atoms with van der Waals surface area (Å²) in [6, 6.07) is -0.0579. The number of likely N-dealkylation sites (N-methyl/N-ethyl adjacent to an activating group) is 1. The summed E-state index contributed by atoms with van der Waals surface area (Å²) in [4.78, 5) is 0. The van der Waals surface area contributed by atoms with E-state index in [9.17, 15) is 5.11 Å². The maximum atomic E-state index is 9.55. The summed E-state index contributed by atoms with van der Waals surface area (Å²) in [7, 11) is 1.76. The van der Waals surface area contributed by atoms with E-state index in [0.717, 1.165) is 0 Å². The molecule has 2 heteroatoms. The molecule has 0 aromatic rings. The molecule has 100 valence electrons. The number of rotatable bonds is 3. The summed E-state index contributed by atoms with van der Waals surface area (Å²) >= 11 is 0. The molecule has 0 aliphatic carbocycles. The molecule has 0 aliphatic rings. The van der Waals surface area contributed by atoms with Crippen LogP contribution in [-0.4, -0.2) is 24.3 Å². The highest BCUT2D eigenvalue weighted by Crippen LogP contribution is 1.91. The van der Waals surface area contributed by atoms with Crippen LogP contribution < -0.4 is 5.32 Å². The number of aliphatic hydroxyl groups excluding tert-OH is 1. The van der Waals surface area contributed by atoms with Crippen molar-refractivity contribution in [3.63, 3.8) is 0 Å². The van der Waals surface area contributed by atoms with E-state index in [1.165, 1.54) is 6.08 Å². The van der Waals surface area contributed by atoms with Crippen LogP contribution in [0.25, 0.3) is 0 Å². The Hall–Kier alpha value is -3.20. The van der Waals surface area contributed by atoms with Gasteiger partial charge < -0.3 is 10.4 Å². The Balaban J connectivity index is 5.34. The smallest absolute Gasteiger partial charge is 0.0951 e. The number of hydrogen-bond acceptors (Lipinski definition) is 2. The Bertz CT molecular complexity index is 840. The molecule has 0 saturated carbocycles. The number of aliphatic hydroxyl groups is 1. The largest absolute Gasteiger partial charge is 0.387 e. The van der Waals surface area contributed by atoms with Crippen LogP contribution in [0.2, 0.25) is 0 Å². The van der Waals surface area contributed by atoms with Crippen LogP contribution in [0.15, 0.2) is 87.2 Å². The SMILES string of the molecule is C=C=C=C=C=C=C=C=C=C=C=C=C=C=C[C@H](O)[C@H](C)NC. The summed E-state index contributed by atoms with van der Waals surface area (Å²) in [6.45, 7) is 5.15. The summed E-state index contributed by atoms with van der Waals surface area (Å²) in [5.41, 5.74) is 32.5. The maximum absolute atomic E-state index is 9.55. The van der Waals surface area contributed by atoms with Crippen molar-refractivity contribution >= 4 is 0 Å². The Morgan fingerprint density at radius 3 is 1.71 bits per heavy atom. The first-order valence-corrected chi connectivity index (χ1v) is 5.93. The Morgan fingerprint density at radius 2 is 1.29 bits per heavy atom. The third kappa shape index (κ3) is 11.6. The van der Waals surface area contributed by atoms with Crippen molar-refractivity contribution in [1.29, 1.82) is 0 Å². The molecule has 0 bridgehead atoms. The predicted octanol–water partition coefficient (Wildman–Crippen LogP) is 2.16. The van der Waals surface area contributed by atoms with E-state index in [2.05, 4.69) is 86.4 Å². The second-order valence-corrected chi connectivity index (χ2v) is 3.43. The quantitative estimate of drug-likeness (QED) is 0.771. The van der Waals surface area contributed by atoms with Crippen molar-refractivity contribution in [3.8, 4) is 0 Å². The third-order valence-electron chi connectivity index (χ3n) is 2.01. The highest BCUT2D eigenvalue weighted by molar-refractivity contribution is 4.95. The van der Waals surface area contributed by atoms with E-state index in [4.69, 9.17) is 0 Å². The third-order valence-corrected chi connectivity index (χ3v) is 2.01. The second-order valence-electron chi connectivity index (χ2n) is 3.43. The van der Waals surface area contributed by atoms with Gasteiger partial charge in [-0.1, -0.05) is 11.5 Å². The Labute approximate surface area is 124 Å². The van der Waals surface area contributed by atoms with Crippen LogP contribution in [0.5, 0.6) is 0 Å². The van der Waals surface area contributed by atoms with Crippen molar-refractivity contribution < 1.29 is 5.11 Å². The lowest BCUT2D eigenvalue weighted by Crippen LogP contribution is -2.32. The lowest BCUT2D eigenvalue weighted by molar-refractivity contribution is 0.184. The van der Waals surface area contributed by atoms with Crippen molar-refractivity contribution in [2.75, 3.05) is 7.05 Å². The molecule has 0 aromatic heterocycles. The van der Waals surface area contributed by atoms with E-state index >= 15 is 0 Å². The molecule has 0 saturated heterocycles. The van der Waals surface area contributed by atoms with Crippen molar-refractivity contribution in [2.45, 2.75) is 19.1 Å². The molecular weight excluding hydrogens is 258 g/mol. The molecule has 0 fully saturated rings. The van der Waals surface area contributed by atoms with Gasteiger partial charge in [0.15, 0.2) is 0 Å². The number of hydrogen-bond donors (Lipinski definition) is 2. The minimum Gasteiger partial charge on any atom is -0.387 e.